The van der Waals surface area contributed by atoms with Gasteiger partial charge in [0, 0.05) is 12.6 Å². The maximum Gasteiger partial charge on any atom is 0.264 e. The Morgan fingerprint density at radius 2 is 1.56 bits per heavy atom. The topological polar surface area (TPSA) is 86.8 Å². The lowest BCUT2D eigenvalue weighted by atomic mass is 10.1. The Morgan fingerprint density at radius 3 is 2.17 bits per heavy atom. The number of aryl methyl sites for hydroxylation is 2. The van der Waals surface area contributed by atoms with Gasteiger partial charge < -0.3 is 10.2 Å². The first-order valence-corrected chi connectivity index (χ1v) is 15.8. The Labute approximate surface area is 253 Å². The van der Waals surface area contributed by atoms with Crippen LogP contribution in [0.15, 0.2) is 71.6 Å². The largest absolute Gasteiger partial charge is 0.352 e. The summed E-state index contributed by atoms with van der Waals surface area (Å²) in [6.45, 7) is 9.01. The first-order valence-electron chi connectivity index (χ1n) is 13.6. The second-order valence-corrected chi connectivity index (χ2v) is 12.8. The molecule has 220 valence electrons. The Morgan fingerprint density at radius 1 is 0.902 bits per heavy atom. The van der Waals surface area contributed by atoms with Crippen molar-refractivity contribution in [3.63, 3.8) is 0 Å². The van der Waals surface area contributed by atoms with Crippen LogP contribution >= 0.6 is 23.2 Å². The van der Waals surface area contributed by atoms with Crippen LogP contribution in [-0.4, -0.2) is 43.8 Å². The molecule has 0 unspecified atom stereocenters. The van der Waals surface area contributed by atoms with Crippen LogP contribution in [0, 0.1) is 13.8 Å². The molecule has 0 fully saturated rings. The highest BCUT2D eigenvalue weighted by Gasteiger charge is 2.35. The van der Waals surface area contributed by atoms with E-state index in [-0.39, 0.29) is 39.1 Å². The maximum atomic E-state index is 14.2. The summed E-state index contributed by atoms with van der Waals surface area (Å²) in [5.41, 5.74) is 2.78. The molecule has 2 amide bonds. The van der Waals surface area contributed by atoms with Crippen molar-refractivity contribution in [2.75, 3.05) is 10.8 Å². The van der Waals surface area contributed by atoms with Gasteiger partial charge in [-0.05, 0) is 63.4 Å². The predicted octanol–water partition coefficient (Wildman–Crippen LogP) is 6.53. The van der Waals surface area contributed by atoms with Gasteiger partial charge in [0.05, 0.1) is 20.6 Å². The monoisotopic (exact) mass is 617 g/mol. The number of hydrogen-bond donors (Lipinski definition) is 1. The van der Waals surface area contributed by atoms with E-state index < -0.39 is 28.5 Å². The zero-order valence-electron chi connectivity index (χ0n) is 24.0. The first kappa shape index (κ1) is 32.4. The van der Waals surface area contributed by atoms with E-state index in [2.05, 4.69) is 5.32 Å². The number of halogens is 2. The zero-order chi connectivity index (χ0) is 30.3. The number of benzene rings is 3. The van der Waals surface area contributed by atoms with Crippen molar-refractivity contribution in [3.05, 3.63) is 93.5 Å². The Kier molecular flexibility index (Phi) is 11.2. The number of amides is 2. The smallest absolute Gasteiger partial charge is 0.264 e. The van der Waals surface area contributed by atoms with Gasteiger partial charge in [0.15, 0.2) is 0 Å². The van der Waals surface area contributed by atoms with E-state index in [1.807, 2.05) is 58.9 Å². The van der Waals surface area contributed by atoms with Crippen LogP contribution in [0.25, 0.3) is 0 Å². The van der Waals surface area contributed by atoms with Crippen molar-refractivity contribution in [1.82, 2.24) is 10.2 Å². The molecule has 3 rings (SSSR count). The average Bonchev–Trinajstić information content (AvgIpc) is 2.93. The van der Waals surface area contributed by atoms with Crippen LogP contribution < -0.4 is 9.62 Å². The van der Waals surface area contributed by atoms with E-state index >= 15 is 0 Å². The van der Waals surface area contributed by atoms with Crippen molar-refractivity contribution in [3.8, 4) is 0 Å². The zero-order valence-corrected chi connectivity index (χ0v) is 26.4. The van der Waals surface area contributed by atoms with E-state index in [1.165, 1.54) is 23.1 Å². The molecule has 0 aliphatic heterocycles. The second kappa shape index (κ2) is 14.2. The van der Waals surface area contributed by atoms with E-state index in [9.17, 15) is 18.0 Å². The van der Waals surface area contributed by atoms with Crippen LogP contribution in [0.2, 0.25) is 10.0 Å². The van der Waals surface area contributed by atoms with Gasteiger partial charge in [-0.1, -0.05) is 90.6 Å². The standard InChI is InChI=1S/C31H37Cl2N3O4S/c1-6-23(5)34-31(38)27(7-2)35(19-24-11-8-10-22(4)18-24)29(37)20-36(28-13-9-12-26(32)30(28)33)41(39,40)25-16-14-21(3)15-17-25/h8-18,23,27H,6-7,19-20H2,1-5H3,(H,34,38)/t23-,27-/m0/s1. The number of nitrogens with one attached hydrogen (secondary N) is 1. The predicted molar refractivity (Wildman–Crippen MR) is 166 cm³/mol. The van der Waals surface area contributed by atoms with E-state index in [0.29, 0.717) is 6.42 Å². The van der Waals surface area contributed by atoms with Crippen molar-refractivity contribution in [2.24, 2.45) is 0 Å². The normalized spacial score (nSPS) is 12.9. The average molecular weight is 619 g/mol. The van der Waals surface area contributed by atoms with Gasteiger partial charge in [-0.25, -0.2) is 8.42 Å². The fourth-order valence-corrected chi connectivity index (χ4v) is 6.28. The number of anilines is 1. The number of rotatable bonds is 12. The summed E-state index contributed by atoms with van der Waals surface area (Å²) in [4.78, 5) is 29.0. The summed E-state index contributed by atoms with van der Waals surface area (Å²) >= 11 is 12.8. The van der Waals surface area contributed by atoms with Gasteiger partial charge in [0.2, 0.25) is 11.8 Å². The van der Waals surface area contributed by atoms with Crippen LogP contribution in [0.4, 0.5) is 5.69 Å². The highest BCUT2D eigenvalue weighted by Crippen LogP contribution is 2.35. The summed E-state index contributed by atoms with van der Waals surface area (Å²) < 4.78 is 29.0. The molecule has 3 aromatic rings. The molecule has 0 aromatic heterocycles. The molecule has 0 heterocycles. The van der Waals surface area contributed by atoms with Gasteiger partial charge >= 0.3 is 0 Å². The van der Waals surface area contributed by atoms with Crippen molar-refractivity contribution in [1.29, 1.82) is 0 Å². The fourth-order valence-electron chi connectivity index (χ4n) is 4.40. The molecular formula is C31H37Cl2N3O4S. The van der Waals surface area contributed by atoms with Gasteiger partial charge in [0.1, 0.15) is 12.6 Å². The van der Waals surface area contributed by atoms with Gasteiger partial charge in [-0.3, -0.25) is 13.9 Å². The molecule has 3 aromatic carbocycles. The highest BCUT2D eigenvalue weighted by molar-refractivity contribution is 7.92. The molecule has 10 heteroatoms. The second-order valence-electron chi connectivity index (χ2n) is 10.2. The molecular weight excluding hydrogens is 581 g/mol. The lowest BCUT2D eigenvalue weighted by Gasteiger charge is -2.34. The number of nitrogens with zero attached hydrogens (tertiary/aromatic N) is 2. The number of carbonyl (C=O) groups excluding carboxylic acids is 2. The molecule has 0 saturated heterocycles. The molecule has 1 N–H and O–H groups in total. The van der Waals surface area contributed by atoms with Crippen molar-refractivity contribution >= 4 is 50.7 Å². The summed E-state index contributed by atoms with van der Waals surface area (Å²) in [7, 11) is -4.25. The van der Waals surface area contributed by atoms with E-state index in [4.69, 9.17) is 23.2 Å². The molecule has 0 spiro atoms. The molecule has 41 heavy (non-hydrogen) atoms. The maximum absolute atomic E-state index is 14.2. The van der Waals surface area contributed by atoms with Gasteiger partial charge in [-0.15, -0.1) is 0 Å². The number of hydrogen-bond acceptors (Lipinski definition) is 4. The molecule has 7 nitrogen and oxygen atoms in total. The third-order valence-corrected chi connectivity index (χ3v) is 9.49. The quantitative estimate of drug-likeness (QED) is 0.250. The van der Waals surface area contributed by atoms with Crippen LogP contribution in [0.3, 0.4) is 0 Å². The molecule has 0 bridgehead atoms. The molecule has 0 saturated carbocycles. The first-order chi connectivity index (χ1) is 19.4. The van der Waals surface area contributed by atoms with Gasteiger partial charge in [0.25, 0.3) is 10.0 Å². The SMILES string of the molecule is CC[C@H](C)NC(=O)[C@H](CC)N(Cc1cccc(C)c1)C(=O)CN(c1cccc(Cl)c1Cl)S(=O)(=O)c1ccc(C)cc1. The van der Waals surface area contributed by atoms with Crippen molar-refractivity contribution in [2.45, 2.75) is 71.0 Å². The Balaban J connectivity index is 2.10. The van der Waals surface area contributed by atoms with Crippen LogP contribution in [-0.2, 0) is 26.2 Å². The molecule has 0 aliphatic rings. The summed E-state index contributed by atoms with van der Waals surface area (Å²) in [6, 6.07) is 17.7. The minimum atomic E-state index is -4.25. The summed E-state index contributed by atoms with van der Waals surface area (Å²) in [5.74, 6) is -0.846. The number of carbonyl (C=O) groups is 2. The van der Waals surface area contributed by atoms with Gasteiger partial charge in [-0.2, -0.15) is 0 Å². The minimum Gasteiger partial charge on any atom is -0.352 e. The highest BCUT2D eigenvalue weighted by atomic mass is 35.5. The fraction of sp³-hybridized carbons (Fsp3) is 0.355. The van der Waals surface area contributed by atoms with E-state index in [1.54, 1.807) is 24.3 Å². The summed E-state index contributed by atoms with van der Waals surface area (Å²) in [6.07, 6.45) is 1.06. The third-order valence-electron chi connectivity index (χ3n) is 6.91. The molecule has 0 radical (unpaired) electrons. The lowest BCUT2D eigenvalue weighted by molar-refractivity contribution is -0.140. The van der Waals surface area contributed by atoms with E-state index in [0.717, 1.165) is 27.4 Å². The van der Waals surface area contributed by atoms with Crippen molar-refractivity contribution < 1.29 is 18.0 Å². The lowest BCUT2D eigenvalue weighted by Crippen LogP contribution is -2.53. The van der Waals surface area contributed by atoms with Crippen LogP contribution in [0.1, 0.15) is 50.3 Å². The minimum absolute atomic E-state index is 0.00117. The van der Waals surface area contributed by atoms with Crippen LogP contribution in [0.5, 0.6) is 0 Å². The molecule has 2 atom stereocenters. The summed E-state index contributed by atoms with van der Waals surface area (Å²) in [5, 5.41) is 3.13. The number of sulfonamides is 1. The third kappa shape index (κ3) is 8.03. The molecule has 0 aliphatic carbocycles. The Bertz CT molecular complexity index is 1480. The Hall–Kier alpha value is -3.07.